The zero-order valence-corrected chi connectivity index (χ0v) is 17.9. The molecule has 0 aliphatic heterocycles. The van der Waals surface area contributed by atoms with E-state index in [1.54, 1.807) is 18.2 Å². The van der Waals surface area contributed by atoms with E-state index in [1.165, 1.54) is 17.8 Å². The van der Waals surface area contributed by atoms with Crippen LogP contribution in [0, 0.1) is 5.82 Å². The molecule has 1 saturated carbocycles. The molecule has 0 heterocycles. The lowest BCUT2D eigenvalue weighted by Gasteiger charge is -2.28. The van der Waals surface area contributed by atoms with Gasteiger partial charge in [0.2, 0.25) is 0 Å². The highest BCUT2D eigenvalue weighted by molar-refractivity contribution is 7.99. The fourth-order valence-corrected chi connectivity index (χ4v) is 4.92. The second-order valence-corrected chi connectivity index (χ2v) is 8.89. The lowest BCUT2D eigenvalue weighted by molar-refractivity contribution is 0.100. The van der Waals surface area contributed by atoms with Gasteiger partial charge >= 0.3 is 0 Å². The predicted molar refractivity (Wildman–Crippen MR) is 123 cm³/mol. The molecule has 4 N–H and O–H groups in total. The molecule has 1 amide bonds. The Hall–Kier alpha value is -2.83. The molecule has 160 valence electrons. The summed E-state index contributed by atoms with van der Waals surface area (Å²) < 4.78 is 14.2. The number of carbonyl (C=O) groups is 1. The number of nitrogens with one attached hydrogen (secondary N) is 1. The minimum atomic E-state index is -0.487. The van der Waals surface area contributed by atoms with Gasteiger partial charge in [0.05, 0.1) is 11.7 Å². The highest BCUT2D eigenvalue weighted by atomic mass is 32.2. The summed E-state index contributed by atoms with van der Waals surface area (Å²) in [6.45, 7) is 0. The number of hydrogen-bond acceptors (Lipinski definition) is 4. The molecule has 0 unspecified atom stereocenters. The Labute approximate surface area is 185 Å². The second kappa shape index (κ2) is 9.54. The minimum absolute atomic E-state index is 0.180. The maximum Gasteiger partial charge on any atom is 0.250 e. The smallest absolute Gasteiger partial charge is 0.250 e. The fourth-order valence-electron chi connectivity index (χ4n) is 3.93. The summed E-state index contributed by atoms with van der Waals surface area (Å²) >= 11 is 1.37. The van der Waals surface area contributed by atoms with Gasteiger partial charge in [-0.15, -0.1) is 0 Å². The molecule has 3 aromatic carbocycles. The average Bonchev–Trinajstić information content (AvgIpc) is 2.77. The van der Waals surface area contributed by atoms with Crippen molar-refractivity contribution in [3.05, 3.63) is 78.1 Å². The number of rotatable bonds is 6. The first kappa shape index (κ1) is 21.4. The number of anilines is 1. The van der Waals surface area contributed by atoms with E-state index in [0.29, 0.717) is 16.1 Å². The molecule has 31 heavy (non-hydrogen) atoms. The third-order valence-electron chi connectivity index (χ3n) is 5.60. The Kier molecular flexibility index (Phi) is 6.59. The Morgan fingerprint density at radius 1 is 0.968 bits per heavy atom. The summed E-state index contributed by atoms with van der Waals surface area (Å²) in [5.41, 5.74) is 8.62. The molecule has 0 spiro atoms. The van der Waals surface area contributed by atoms with Gasteiger partial charge in [0, 0.05) is 21.5 Å². The molecule has 4 rings (SSSR count). The van der Waals surface area contributed by atoms with Crippen molar-refractivity contribution in [2.24, 2.45) is 5.73 Å². The topological polar surface area (TPSA) is 75.4 Å². The SMILES string of the molecule is NC(=O)c1ccc(-c2ccccc2Sc2ccccc2F)cc1N[C@H]1CC[C@H](O)CC1. The third kappa shape index (κ3) is 5.09. The Bertz CT molecular complexity index is 1080. The van der Waals surface area contributed by atoms with Gasteiger partial charge < -0.3 is 16.2 Å². The van der Waals surface area contributed by atoms with Crippen molar-refractivity contribution in [2.45, 2.75) is 47.6 Å². The molecule has 0 atom stereocenters. The monoisotopic (exact) mass is 436 g/mol. The van der Waals surface area contributed by atoms with Crippen LogP contribution in [0.5, 0.6) is 0 Å². The van der Waals surface area contributed by atoms with Crippen LogP contribution in [0.2, 0.25) is 0 Å². The van der Waals surface area contributed by atoms with Crippen molar-refractivity contribution in [2.75, 3.05) is 5.32 Å². The first-order chi connectivity index (χ1) is 15.0. The molecule has 3 aromatic rings. The highest BCUT2D eigenvalue weighted by Gasteiger charge is 2.21. The van der Waals surface area contributed by atoms with E-state index in [-0.39, 0.29) is 18.0 Å². The van der Waals surface area contributed by atoms with Gasteiger partial charge in [-0.3, -0.25) is 4.79 Å². The van der Waals surface area contributed by atoms with Gasteiger partial charge in [-0.2, -0.15) is 0 Å². The first-order valence-electron chi connectivity index (χ1n) is 10.4. The Morgan fingerprint density at radius 2 is 1.65 bits per heavy atom. The van der Waals surface area contributed by atoms with Crippen LogP contribution < -0.4 is 11.1 Å². The number of amides is 1. The second-order valence-electron chi connectivity index (χ2n) is 7.80. The molecule has 1 fully saturated rings. The molecular weight excluding hydrogens is 411 g/mol. The van der Waals surface area contributed by atoms with Crippen LogP contribution in [0.1, 0.15) is 36.0 Å². The van der Waals surface area contributed by atoms with E-state index in [4.69, 9.17) is 5.73 Å². The fraction of sp³-hybridized carbons (Fsp3) is 0.240. The van der Waals surface area contributed by atoms with Gasteiger partial charge in [0.15, 0.2) is 0 Å². The standard InChI is InChI=1S/C25H25FN2O2S/c26-21-6-2-4-8-24(21)31-23-7-3-1-5-19(23)16-9-14-20(25(27)30)22(15-16)28-17-10-12-18(29)13-11-17/h1-9,14-15,17-18,28-29H,10-13H2,(H2,27,30)/t17-,18-. The number of hydrogen-bond donors (Lipinski definition) is 3. The van der Waals surface area contributed by atoms with Crippen molar-refractivity contribution in [3.63, 3.8) is 0 Å². The van der Waals surface area contributed by atoms with Crippen molar-refractivity contribution in [1.82, 2.24) is 0 Å². The summed E-state index contributed by atoms with van der Waals surface area (Å²) in [4.78, 5) is 13.5. The van der Waals surface area contributed by atoms with Crippen molar-refractivity contribution >= 4 is 23.4 Å². The summed E-state index contributed by atoms with van der Waals surface area (Å²) in [7, 11) is 0. The van der Waals surface area contributed by atoms with Crippen molar-refractivity contribution < 1.29 is 14.3 Å². The van der Waals surface area contributed by atoms with Gasteiger partial charge in [-0.25, -0.2) is 4.39 Å². The molecule has 0 aromatic heterocycles. The van der Waals surface area contributed by atoms with Crippen LogP contribution >= 0.6 is 11.8 Å². The van der Waals surface area contributed by atoms with E-state index in [9.17, 15) is 14.3 Å². The summed E-state index contributed by atoms with van der Waals surface area (Å²) in [6, 6.07) is 20.3. The van der Waals surface area contributed by atoms with E-state index in [0.717, 1.165) is 41.7 Å². The third-order valence-corrected chi connectivity index (χ3v) is 6.72. The summed E-state index contributed by atoms with van der Waals surface area (Å²) in [6.07, 6.45) is 2.91. The van der Waals surface area contributed by atoms with Gasteiger partial charge in [-0.05, 0) is 67.1 Å². The van der Waals surface area contributed by atoms with E-state index < -0.39 is 5.91 Å². The molecular formula is C25H25FN2O2S. The maximum atomic E-state index is 14.2. The summed E-state index contributed by atoms with van der Waals surface area (Å²) in [5.74, 6) is -0.743. The molecule has 6 heteroatoms. The predicted octanol–water partition coefficient (Wildman–Crippen LogP) is 5.46. The lowest BCUT2D eigenvalue weighted by Crippen LogP contribution is -2.29. The number of primary amides is 1. The van der Waals surface area contributed by atoms with Gasteiger partial charge in [-0.1, -0.05) is 48.2 Å². The largest absolute Gasteiger partial charge is 0.393 e. The van der Waals surface area contributed by atoms with E-state index >= 15 is 0 Å². The number of carbonyl (C=O) groups excluding carboxylic acids is 1. The Balaban J connectivity index is 1.67. The molecule has 4 nitrogen and oxygen atoms in total. The number of benzene rings is 3. The zero-order chi connectivity index (χ0) is 21.8. The quantitative estimate of drug-likeness (QED) is 0.480. The number of aliphatic hydroxyl groups excluding tert-OH is 1. The molecule has 1 aliphatic rings. The van der Waals surface area contributed by atoms with Crippen LogP contribution in [-0.4, -0.2) is 23.2 Å². The van der Waals surface area contributed by atoms with Crippen LogP contribution in [-0.2, 0) is 0 Å². The minimum Gasteiger partial charge on any atom is -0.393 e. The number of nitrogens with two attached hydrogens (primary N) is 1. The van der Waals surface area contributed by atoms with Crippen molar-refractivity contribution in [1.29, 1.82) is 0 Å². The number of aliphatic hydroxyl groups is 1. The van der Waals surface area contributed by atoms with Gasteiger partial charge in [0.1, 0.15) is 5.82 Å². The van der Waals surface area contributed by atoms with Gasteiger partial charge in [0.25, 0.3) is 5.91 Å². The maximum absolute atomic E-state index is 14.2. The molecule has 0 bridgehead atoms. The molecule has 0 radical (unpaired) electrons. The van der Waals surface area contributed by atoms with E-state index in [2.05, 4.69) is 5.32 Å². The van der Waals surface area contributed by atoms with Crippen LogP contribution in [0.3, 0.4) is 0 Å². The van der Waals surface area contributed by atoms with Crippen LogP contribution in [0.15, 0.2) is 76.5 Å². The van der Waals surface area contributed by atoms with Crippen LogP contribution in [0.25, 0.3) is 11.1 Å². The first-order valence-corrected chi connectivity index (χ1v) is 11.2. The molecule has 1 aliphatic carbocycles. The zero-order valence-electron chi connectivity index (χ0n) is 17.1. The highest BCUT2D eigenvalue weighted by Crippen LogP contribution is 2.38. The van der Waals surface area contributed by atoms with E-state index in [1.807, 2.05) is 42.5 Å². The van der Waals surface area contributed by atoms with Crippen LogP contribution in [0.4, 0.5) is 10.1 Å². The van der Waals surface area contributed by atoms with Crippen molar-refractivity contribution in [3.8, 4) is 11.1 Å². The number of halogens is 1. The molecule has 0 saturated heterocycles. The lowest BCUT2D eigenvalue weighted by atomic mass is 9.92. The Morgan fingerprint density at radius 3 is 2.35 bits per heavy atom. The summed E-state index contributed by atoms with van der Waals surface area (Å²) in [5, 5.41) is 13.2. The normalized spacial score (nSPS) is 18.5. The average molecular weight is 437 g/mol.